The first-order valence-electron chi connectivity index (χ1n) is 16.1. The first-order chi connectivity index (χ1) is 21.9. The highest BCUT2D eigenvalue weighted by molar-refractivity contribution is 6.42. The van der Waals surface area contributed by atoms with Gasteiger partial charge in [0.1, 0.15) is 0 Å². The van der Waals surface area contributed by atoms with E-state index in [0.717, 1.165) is 62.3 Å². The second-order valence-corrected chi connectivity index (χ2v) is 13.2. The van der Waals surface area contributed by atoms with Crippen molar-refractivity contribution < 1.29 is 19.1 Å². The van der Waals surface area contributed by atoms with E-state index in [1.165, 1.54) is 0 Å². The molecule has 10 nitrogen and oxygen atoms in total. The topological polar surface area (TPSA) is 97.5 Å². The Kier molecular flexibility index (Phi) is 11.7. The van der Waals surface area contributed by atoms with Crippen molar-refractivity contribution in [2.75, 3.05) is 64.2 Å². The number of rotatable bonds is 6. The number of piperidine rings is 2. The first-order valence-corrected chi connectivity index (χ1v) is 16.9. The summed E-state index contributed by atoms with van der Waals surface area (Å²) in [5.74, 6) is -0.177. The van der Waals surface area contributed by atoms with Crippen LogP contribution in [0.1, 0.15) is 44.2 Å². The van der Waals surface area contributed by atoms with Gasteiger partial charge in [-0.1, -0.05) is 54.9 Å². The number of anilines is 1. The third kappa shape index (κ3) is 8.08. The predicted octanol–water partition coefficient (Wildman–Crippen LogP) is 5.13. The van der Waals surface area contributed by atoms with Gasteiger partial charge in [-0.2, -0.15) is 0 Å². The SMILES string of the molecule is C.O=C(O[C@H](Cc1ccc(Cl)c(Cl)c1)C(=O)N1CCC(N2CCNCC2)CC1)N1CCC(N2CCc3ccccc3NC2=O)CC1. The van der Waals surface area contributed by atoms with Crippen LogP contribution in [0.2, 0.25) is 10.0 Å². The lowest BCUT2D eigenvalue weighted by atomic mass is 10.0. The lowest BCUT2D eigenvalue weighted by Crippen LogP contribution is -2.54. The van der Waals surface area contributed by atoms with Gasteiger partial charge in [-0.15, -0.1) is 0 Å². The van der Waals surface area contributed by atoms with Crippen LogP contribution in [0.15, 0.2) is 42.5 Å². The van der Waals surface area contributed by atoms with Gasteiger partial charge in [-0.3, -0.25) is 9.69 Å². The molecule has 0 aliphatic carbocycles. The van der Waals surface area contributed by atoms with E-state index in [-0.39, 0.29) is 31.8 Å². The number of hydrogen-bond acceptors (Lipinski definition) is 6. The summed E-state index contributed by atoms with van der Waals surface area (Å²) in [6.45, 7) is 6.85. The number of halogens is 2. The number of nitrogens with zero attached hydrogens (tertiary/aromatic N) is 4. The third-order valence-electron chi connectivity index (χ3n) is 9.67. The van der Waals surface area contributed by atoms with E-state index in [4.69, 9.17) is 27.9 Å². The number of carbonyl (C=O) groups is 3. The van der Waals surface area contributed by atoms with Crippen molar-refractivity contribution >= 4 is 46.9 Å². The van der Waals surface area contributed by atoms with E-state index in [2.05, 4.69) is 15.5 Å². The molecule has 12 heteroatoms. The zero-order valence-corrected chi connectivity index (χ0v) is 27.1. The molecular weight excluding hydrogens is 627 g/mol. The van der Waals surface area contributed by atoms with Gasteiger partial charge in [0.2, 0.25) is 0 Å². The van der Waals surface area contributed by atoms with Crippen molar-refractivity contribution in [2.24, 2.45) is 0 Å². The van der Waals surface area contributed by atoms with Crippen LogP contribution in [-0.4, -0.2) is 115 Å². The van der Waals surface area contributed by atoms with Gasteiger partial charge >= 0.3 is 12.1 Å². The van der Waals surface area contributed by atoms with Gasteiger partial charge in [-0.05, 0) is 61.4 Å². The van der Waals surface area contributed by atoms with Crippen molar-refractivity contribution in [1.82, 2.24) is 24.9 Å². The summed E-state index contributed by atoms with van der Waals surface area (Å²) < 4.78 is 5.99. The monoisotopic (exact) mass is 672 g/mol. The van der Waals surface area contributed by atoms with Crippen LogP contribution in [0.5, 0.6) is 0 Å². The van der Waals surface area contributed by atoms with Crippen molar-refractivity contribution in [3.05, 3.63) is 63.6 Å². The van der Waals surface area contributed by atoms with Crippen LogP contribution in [0, 0.1) is 0 Å². The Morgan fingerprint density at radius 1 is 0.848 bits per heavy atom. The van der Waals surface area contributed by atoms with Crippen LogP contribution in [0.3, 0.4) is 0 Å². The zero-order valence-electron chi connectivity index (χ0n) is 25.6. The smallest absolute Gasteiger partial charge is 0.410 e. The molecule has 250 valence electrons. The highest BCUT2D eigenvalue weighted by atomic mass is 35.5. The molecule has 0 bridgehead atoms. The average Bonchev–Trinajstić information content (AvgIpc) is 3.24. The second kappa shape index (κ2) is 15.7. The quantitative estimate of drug-likeness (QED) is 0.442. The lowest BCUT2D eigenvalue weighted by molar-refractivity contribution is -0.142. The van der Waals surface area contributed by atoms with Crippen LogP contribution < -0.4 is 10.6 Å². The first kappa shape index (κ1) is 34.3. The lowest BCUT2D eigenvalue weighted by Gasteiger charge is -2.41. The number of likely N-dealkylation sites (tertiary alicyclic amines) is 2. The maximum atomic E-state index is 13.9. The molecule has 2 N–H and O–H groups in total. The summed E-state index contributed by atoms with van der Waals surface area (Å²) in [5, 5.41) is 7.27. The van der Waals surface area contributed by atoms with Crippen LogP contribution >= 0.6 is 23.2 Å². The predicted molar refractivity (Wildman–Crippen MR) is 182 cm³/mol. The van der Waals surface area contributed by atoms with Crippen molar-refractivity contribution in [3.63, 3.8) is 0 Å². The molecule has 2 aromatic rings. The number of hydrogen-bond donors (Lipinski definition) is 2. The molecule has 3 saturated heterocycles. The van der Waals surface area contributed by atoms with E-state index in [1.54, 1.807) is 17.0 Å². The number of fused-ring (bicyclic) bond motifs is 1. The number of urea groups is 1. The highest BCUT2D eigenvalue weighted by Gasteiger charge is 2.36. The van der Waals surface area contributed by atoms with Gasteiger partial charge < -0.3 is 30.1 Å². The highest BCUT2D eigenvalue weighted by Crippen LogP contribution is 2.27. The summed E-state index contributed by atoms with van der Waals surface area (Å²) in [4.78, 5) is 48.3. The number of para-hydroxylation sites is 1. The maximum Gasteiger partial charge on any atom is 0.410 e. The second-order valence-electron chi connectivity index (χ2n) is 12.4. The van der Waals surface area contributed by atoms with E-state index in [0.29, 0.717) is 61.7 Å². The maximum absolute atomic E-state index is 13.9. The Bertz CT molecular complexity index is 1370. The molecule has 0 aromatic heterocycles. The largest absolute Gasteiger partial charge is 0.436 e. The molecule has 0 saturated carbocycles. The van der Waals surface area contributed by atoms with E-state index in [9.17, 15) is 14.4 Å². The molecule has 46 heavy (non-hydrogen) atoms. The molecule has 4 aliphatic rings. The zero-order chi connectivity index (χ0) is 31.3. The van der Waals surface area contributed by atoms with Gasteiger partial charge in [0.05, 0.1) is 10.0 Å². The molecule has 4 amide bonds. The van der Waals surface area contributed by atoms with Gasteiger partial charge in [0.15, 0.2) is 6.10 Å². The van der Waals surface area contributed by atoms with E-state index in [1.807, 2.05) is 40.1 Å². The number of ether oxygens (including phenoxy) is 1. The molecule has 6 rings (SSSR count). The van der Waals surface area contributed by atoms with Gasteiger partial charge in [0.25, 0.3) is 5.91 Å². The fraction of sp³-hybridized carbons (Fsp3) is 0.559. The van der Waals surface area contributed by atoms with Crippen molar-refractivity contribution in [2.45, 2.75) is 64.1 Å². The average molecular weight is 674 g/mol. The Hall–Kier alpha value is -3.05. The minimum absolute atomic E-state index is 0. The summed E-state index contributed by atoms with van der Waals surface area (Å²) in [7, 11) is 0. The molecule has 0 radical (unpaired) electrons. The molecule has 4 heterocycles. The summed E-state index contributed by atoms with van der Waals surface area (Å²) >= 11 is 12.4. The number of amides is 4. The molecule has 0 spiro atoms. The summed E-state index contributed by atoms with van der Waals surface area (Å²) in [5.41, 5.74) is 2.76. The van der Waals surface area contributed by atoms with Gasteiger partial charge in [0, 0.05) is 83.1 Å². The Morgan fingerprint density at radius 2 is 1.52 bits per heavy atom. The molecule has 0 unspecified atom stereocenters. The fourth-order valence-corrected chi connectivity index (χ4v) is 7.38. The number of benzene rings is 2. The number of piperazine rings is 1. The standard InChI is InChI=1S/C33H42Cl2N6O4.CH4/c34-27-6-5-23(21-28(27)35)22-30(31(42)39-14-8-25(9-15-39)38-19-12-36-13-20-38)45-33(44)40-16-10-26(11-17-40)41-18-7-24-3-1-2-4-29(24)37-32(41)43;/h1-6,21,25-26,30,36H,7-20,22H2,(H,37,43);1H4/t30-;/m1./s1. The van der Waals surface area contributed by atoms with Crippen LogP contribution in [0.4, 0.5) is 15.3 Å². The summed E-state index contributed by atoms with van der Waals surface area (Å²) in [6, 6.07) is 13.5. The Balaban J connectivity index is 0.00000417. The minimum Gasteiger partial charge on any atom is -0.436 e. The fourth-order valence-electron chi connectivity index (χ4n) is 7.06. The summed E-state index contributed by atoms with van der Waals surface area (Å²) in [6.07, 6.45) is 2.61. The van der Waals surface area contributed by atoms with Crippen LogP contribution in [-0.2, 0) is 22.4 Å². The number of nitrogens with one attached hydrogen (secondary N) is 2. The van der Waals surface area contributed by atoms with Crippen molar-refractivity contribution in [3.8, 4) is 0 Å². The number of carbonyl (C=O) groups excluding carboxylic acids is 3. The normalized spacial score (nSPS) is 20.7. The van der Waals surface area contributed by atoms with Gasteiger partial charge in [-0.25, -0.2) is 9.59 Å². The molecular formula is C34H46Cl2N6O4. The van der Waals surface area contributed by atoms with E-state index < -0.39 is 12.2 Å². The Labute approximate surface area is 282 Å². The van der Waals surface area contributed by atoms with Crippen molar-refractivity contribution in [1.29, 1.82) is 0 Å². The molecule has 4 aliphatic heterocycles. The third-order valence-corrected chi connectivity index (χ3v) is 10.4. The minimum atomic E-state index is -0.974. The molecule has 1 atom stereocenters. The van der Waals surface area contributed by atoms with E-state index >= 15 is 0 Å². The van der Waals surface area contributed by atoms with Crippen LogP contribution in [0.25, 0.3) is 0 Å². The Morgan fingerprint density at radius 3 is 2.24 bits per heavy atom. The molecule has 3 fully saturated rings. The molecule has 2 aromatic carbocycles.